The van der Waals surface area contributed by atoms with Crippen LogP contribution < -0.4 is 4.72 Å². The lowest BCUT2D eigenvalue weighted by Gasteiger charge is -2.27. The summed E-state index contributed by atoms with van der Waals surface area (Å²) in [5, 5.41) is 10.9. The average Bonchev–Trinajstić information content (AvgIpc) is 2.48. The van der Waals surface area contributed by atoms with Gasteiger partial charge in [0.25, 0.3) is 0 Å². The summed E-state index contributed by atoms with van der Waals surface area (Å²) in [6.07, 6.45) is 8.24. The number of nitrogens with one attached hydrogen (secondary N) is 1. The third-order valence-corrected chi connectivity index (χ3v) is 5.05. The van der Waals surface area contributed by atoms with E-state index in [9.17, 15) is 5.11 Å². The minimum Gasteiger partial charge on any atom is -0.507 e. The van der Waals surface area contributed by atoms with Crippen molar-refractivity contribution >= 4 is 18.9 Å². The van der Waals surface area contributed by atoms with Gasteiger partial charge in [-0.1, -0.05) is 79.5 Å². The van der Waals surface area contributed by atoms with Gasteiger partial charge in [0.2, 0.25) is 0 Å². The number of phenols is 1. The van der Waals surface area contributed by atoms with Crippen molar-refractivity contribution in [2.45, 2.75) is 59.3 Å². The molecule has 1 unspecified atom stereocenters. The molecule has 0 fully saturated rings. The summed E-state index contributed by atoms with van der Waals surface area (Å²) >= 11 is 4.19. The van der Waals surface area contributed by atoms with Crippen molar-refractivity contribution in [2.75, 3.05) is 0 Å². The lowest BCUT2D eigenvalue weighted by molar-refractivity contribution is 0.443. The van der Waals surface area contributed by atoms with E-state index in [4.69, 9.17) is 0 Å². The molecule has 3 heteroatoms. The third-order valence-electron chi connectivity index (χ3n) is 4.80. The van der Waals surface area contributed by atoms with E-state index in [1.165, 1.54) is 5.56 Å². The largest absolute Gasteiger partial charge is 0.507 e. The molecule has 0 aromatic heterocycles. The Morgan fingerprint density at radius 2 is 1.72 bits per heavy atom. The van der Waals surface area contributed by atoms with Crippen molar-refractivity contribution in [3.05, 3.63) is 58.3 Å². The van der Waals surface area contributed by atoms with Crippen LogP contribution in [0.3, 0.4) is 0 Å². The number of benzene rings is 1. The molecular weight excluding hydrogens is 326 g/mol. The zero-order valence-corrected chi connectivity index (χ0v) is 17.3. The van der Waals surface area contributed by atoms with Gasteiger partial charge in [0.1, 0.15) is 5.75 Å². The molecule has 0 bridgehead atoms. The molecule has 0 heterocycles. The summed E-state index contributed by atoms with van der Waals surface area (Å²) in [5.41, 5.74) is 5.21. The van der Waals surface area contributed by atoms with Crippen molar-refractivity contribution < 1.29 is 5.11 Å². The molecular formula is C22H31NOS. The summed E-state index contributed by atoms with van der Waals surface area (Å²) < 4.78 is 2.96. The average molecular weight is 358 g/mol. The van der Waals surface area contributed by atoms with Crippen molar-refractivity contribution in [1.29, 1.82) is 0 Å². The molecule has 25 heavy (non-hydrogen) atoms. The summed E-state index contributed by atoms with van der Waals surface area (Å²) in [7, 11) is 0. The topological polar surface area (TPSA) is 32.3 Å². The summed E-state index contributed by atoms with van der Waals surface area (Å²) in [6.45, 7) is 15.2. The fraction of sp³-hybridized carbons (Fsp3) is 0.455. The molecule has 0 aliphatic heterocycles. The fourth-order valence-electron chi connectivity index (χ4n) is 2.99. The Hall–Kier alpha value is -1.61. The molecule has 1 atom stereocenters. The Kier molecular flexibility index (Phi) is 5.48. The summed E-state index contributed by atoms with van der Waals surface area (Å²) in [4.78, 5) is 0. The van der Waals surface area contributed by atoms with Crippen LogP contribution in [0.25, 0.3) is 6.08 Å². The highest BCUT2D eigenvalue weighted by molar-refractivity contribution is 7.78. The molecule has 1 aromatic carbocycles. The first-order valence-electron chi connectivity index (χ1n) is 8.83. The normalized spacial score (nSPS) is 19.9. The highest BCUT2D eigenvalue weighted by Gasteiger charge is 2.25. The number of hydrogen-bond donors (Lipinski definition) is 3. The zero-order valence-electron chi connectivity index (χ0n) is 16.4. The second-order valence-corrected chi connectivity index (χ2v) is 9.14. The standard InChI is InChI=1S/C22H31NOS/c1-14-15(9-8-10-19(14)23-25)11-16-12-17(21(2,3)4)13-18(20(16)24)22(5,6)7/h8-14,23-25H,1-7H3. The molecule has 0 saturated heterocycles. The van der Waals surface area contributed by atoms with Crippen molar-refractivity contribution in [3.63, 3.8) is 0 Å². The molecule has 2 rings (SSSR count). The van der Waals surface area contributed by atoms with Crippen LogP contribution in [0, 0.1) is 5.92 Å². The van der Waals surface area contributed by atoms with Crippen LogP contribution in [-0.4, -0.2) is 5.11 Å². The van der Waals surface area contributed by atoms with Gasteiger partial charge in [-0.25, -0.2) is 0 Å². The second-order valence-electron chi connectivity index (χ2n) is 8.92. The molecule has 1 aromatic rings. The molecule has 0 amide bonds. The van der Waals surface area contributed by atoms with E-state index in [1.54, 1.807) is 0 Å². The van der Waals surface area contributed by atoms with Gasteiger partial charge in [-0.15, -0.1) is 0 Å². The molecule has 0 spiro atoms. The van der Waals surface area contributed by atoms with E-state index < -0.39 is 0 Å². The predicted molar refractivity (Wildman–Crippen MR) is 112 cm³/mol. The Bertz CT molecular complexity index is 743. The highest BCUT2D eigenvalue weighted by atomic mass is 32.1. The van der Waals surface area contributed by atoms with Crippen LogP contribution in [-0.2, 0) is 10.8 Å². The second kappa shape index (κ2) is 6.95. The molecule has 1 aliphatic carbocycles. The predicted octanol–water partition coefficient (Wildman–Crippen LogP) is 5.89. The number of rotatable bonds is 2. The molecule has 2 nitrogen and oxygen atoms in total. The maximum Gasteiger partial charge on any atom is 0.126 e. The van der Waals surface area contributed by atoms with Crippen LogP contribution in [0.5, 0.6) is 5.75 Å². The highest BCUT2D eigenvalue weighted by Crippen LogP contribution is 2.39. The Morgan fingerprint density at radius 3 is 2.24 bits per heavy atom. The summed E-state index contributed by atoms with van der Waals surface area (Å²) in [5.74, 6) is 0.585. The number of thiol groups is 1. The number of aromatic hydroxyl groups is 1. The SMILES string of the molecule is CC1C(=Cc2cc(C(C)(C)C)cc(C(C)(C)C)c2O)C=CC=C1NS. The van der Waals surface area contributed by atoms with Gasteiger partial charge in [0, 0.05) is 22.7 Å². The van der Waals surface area contributed by atoms with Crippen molar-refractivity contribution in [3.8, 4) is 5.75 Å². The van der Waals surface area contributed by atoms with Crippen LogP contribution in [0.1, 0.15) is 65.2 Å². The molecule has 136 valence electrons. The number of hydrogen-bond acceptors (Lipinski definition) is 3. The van der Waals surface area contributed by atoms with Gasteiger partial charge in [-0.2, -0.15) is 0 Å². The van der Waals surface area contributed by atoms with E-state index in [0.29, 0.717) is 5.75 Å². The van der Waals surface area contributed by atoms with Crippen LogP contribution in [0.4, 0.5) is 0 Å². The van der Waals surface area contributed by atoms with E-state index in [1.807, 2.05) is 12.2 Å². The first-order chi connectivity index (χ1) is 11.4. The van der Waals surface area contributed by atoms with Gasteiger partial charge in [-0.3, -0.25) is 0 Å². The van der Waals surface area contributed by atoms with Crippen LogP contribution in [0.2, 0.25) is 0 Å². The number of phenolic OH excluding ortho intramolecular Hbond substituents is 1. The minimum absolute atomic E-state index is 0.0205. The van der Waals surface area contributed by atoms with Crippen molar-refractivity contribution in [2.24, 2.45) is 5.92 Å². The van der Waals surface area contributed by atoms with E-state index in [0.717, 1.165) is 22.4 Å². The maximum absolute atomic E-state index is 10.9. The van der Waals surface area contributed by atoms with E-state index >= 15 is 0 Å². The minimum atomic E-state index is -0.121. The first kappa shape index (κ1) is 19.7. The monoisotopic (exact) mass is 357 g/mol. The summed E-state index contributed by atoms with van der Waals surface area (Å²) in [6, 6.07) is 4.27. The third kappa shape index (κ3) is 4.33. The van der Waals surface area contributed by atoms with E-state index in [2.05, 4.69) is 90.3 Å². The Labute approximate surface area is 158 Å². The van der Waals surface area contributed by atoms with Crippen molar-refractivity contribution in [1.82, 2.24) is 4.72 Å². The van der Waals surface area contributed by atoms with Crippen LogP contribution in [0.15, 0.2) is 41.6 Å². The quantitative estimate of drug-likeness (QED) is 0.576. The van der Waals surface area contributed by atoms with Gasteiger partial charge in [0.05, 0.1) is 0 Å². The Morgan fingerprint density at radius 1 is 1.08 bits per heavy atom. The lowest BCUT2D eigenvalue weighted by Crippen LogP contribution is -2.17. The van der Waals surface area contributed by atoms with Gasteiger partial charge in [0.15, 0.2) is 0 Å². The molecule has 0 radical (unpaired) electrons. The first-order valence-corrected chi connectivity index (χ1v) is 9.28. The molecule has 2 N–H and O–H groups in total. The lowest BCUT2D eigenvalue weighted by atomic mass is 9.78. The number of allylic oxidation sites excluding steroid dienone is 4. The smallest absolute Gasteiger partial charge is 0.126 e. The molecule has 1 aliphatic rings. The maximum atomic E-state index is 10.9. The van der Waals surface area contributed by atoms with Gasteiger partial charge < -0.3 is 9.83 Å². The fourth-order valence-corrected chi connectivity index (χ4v) is 3.26. The molecule has 0 saturated carbocycles. The van der Waals surface area contributed by atoms with Gasteiger partial charge >= 0.3 is 0 Å². The van der Waals surface area contributed by atoms with E-state index in [-0.39, 0.29) is 16.7 Å². The Balaban J connectivity index is 2.63. The van der Waals surface area contributed by atoms with Crippen LogP contribution >= 0.6 is 12.8 Å². The zero-order chi connectivity index (χ0) is 19.0. The van der Waals surface area contributed by atoms with Gasteiger partial charge in [-0.05, 0) is 40.2 Å².